The lowest BCUT2D eigenvalue weighted by atomic mass is 9.98. The molecule has 22 heavy (non-hydrogen) atoms. The van der Waals surface area contributed by atoms with E-state index in [0.29, 0.717) is 0 Å². The highest BCUT2D eigenvalue weighted by atomic mass is 16.6. The van der Waals surface area contributed by atoms with Crippen LogP contribution in [-0.2, 0) is 6.42 Å². The summed E-state index contributed by atoms with van der Waals surface area (Å²) < 4.78 is 0. The minimum atomic E-state index is -0.377. The molecule has 0 spiro atoms. The minimum Gasteiger partial charge on any atom is -0.258 e. The molecular weight excluding hydrogens is 276 g/mol. The third kappa shape index (κ3) is 2.68. The monoisotopic (exact) mass is 292 g/mol. The van der Waals surface area contributed by atoms with E-state index in [2.05, 4.69) is 31.0 Å². The predicted octanol–water partition coefficient (Wildman–Crippen LogP) is 4.35. The van der Waals surface area contributed by atoms with Crippen molar-refractivity contribution >= 4 is 16.6 Å². The van der Waals surface area contributed by atoms with E-state index in [4.69, 9.17) is 0 Å². The summed E-state index contributed by atoms with van der Waals surface area (Å²) in [7, 11) is 0. The number of nitro benzene ring substituents is 1. The number of aryl methyl sites for hydroxylation is 2. The molecule has 0 unspecified atom stereocenters. The Morgan fingerprint density at radius 1 is 1.05 bits per heavy atom. The molecule has 0 atom stereocenters. The van der Waals surface area contributed by atoms with Crippen molar-refractivity contribution in [3.63, 3.8) is 0 Å². The van der Waals surface area contributed by atoms with Gasteiger partial charge in [-0.3, -0.25) is 15.1 Å². The molecule has 1 aromatic heterocycles. The normalized spacial score (nSPS) is 10.8. The number of hydrogen-bond acceptors (Lipinski definition) is 3. The second kappa shape index (κ2) is 5.56. The van der Waals surface area contributed by atoms with Crippen LogP contribution < -0.4 is 0 Å². The first kappa shape index (κ1) is 14.2. The van der Waals surface area contributed by atoms with Gasteiger partial charge in [0.05, 0.1) is 10.4 Å². The first-order valence-electron chi connectivity index (χ1n) is 7.13. The first-order valence-corrected chi connectivity index (χ1v) is 7.13. The number of fused-ring (bicyclic) bond motifs is 1. The highest BCUT2D eigenvalue weighted by Crippen LogP contribution is 2.24. The number of pyridine rings is 1. The van der Waals surface area contributed by atoms with Crippen LogP contribution >= 0.6 is 0 Å². The van der Waals surface area contributed by atoms with Crippen molar-refractivity contribution in [3.05, 3.63) is 81.0 Å². The van der Waals surface area contributed by atoms with E-state index >= 15 is 0 Å². The molecule has 0 aliphatic rings. The van der Waals surface area contributed by atoms with Crippen LogP contribution in [0.4, 0.5) is 5.69 Å². The Morgan fingerprint density at radius 3 is 2.41 bits per heavy atom. The number of nitro groups is 1. The summed E-state index contributed by atoms with van der Waals surface area (Å²) >= 11 is 0. The Labute approximate surface area is 128 Å². The number of non-ortho nitro benzene ring substituents is 1. The third-order valence-electron chi connectivity index (χ3n) is 3.99. The summed E-state index contributed by atoms with van der Waals surface area (Å²) in [5.74, 6) is 0. The fraction of sp³-hybridized carbons (Fsp3) is 0.167. The molecule has 4 nitrogen and oxygen atoms in total. The number of aromatic nitrogens is 1. The van der Waals surface area contributed by atoms with E-state index in [0.717, 1.165) is 22.9 Å². The molecule has 2 aromatic carbocycles. The van der Waals surface area contributed by atoms with Crippen molar-refractivity contribution < 1.29 is 4.92 Å². The molecule has 1 heterocycles. The van der Waals surface area contributed by atoms with Crippen molar-refractivity contribution in [1.82, 2.24) is 4.98 Å². The summed E-state index contributed by atoms with van der Waals surface area (Å²) in [5.41, 5.74) is 5.81. The lowest BCUT2D eigenvalue weighted by molar-refractivity contribution is -0.384. The van der Waals surface area contributed by atoms with E-state index in [1.165, 1.54) is 16.7 Å². The van der Waals surface area contributed by atoms with Crippen LogP contribution in [-0.4, -0.2) is 9.91 Å². The lowest BCUT2D eigenvalue weighted by Crippen LogP contribution is -1.94. The zero-order chi connectivity index (χ0) is 15.7. The third-order valence-corrected chi connectivity index (χ3v) is 3.99. The zero-order valence-corrected chi connectivity index (χ0v) is 12.5. The molecule has 3 rings (SSSR count). The van der Waals surface area contributed by atoms with Crippen LogP contribution in [0.15, 0.2) is 48.7 Å². The minimum absolute atomic E-state index is 0.120. The van der Waals surface area contributed by atoms with E-state index in [1.54, 1.807) is 12.1 Å². The van der Waals surface area contributed by atoms with E-state index in [1.807, 2.05) is 24.4 Å². The lowest BCUT2D eigenvalue weighted by Gasteiger charge is -2.09. The van der Waals surface area contributed by atoms with Crippen LogP contribution in [0.2, 0.25) is 0 Å². The van der Waals surface area contributed by atoms with Gasteiger partial charge in [0.15, 0.2) is 0 Å². The van der Waals surface area contributed by atoms with Crippen molar-refractivity contribution in [2.75, 3.05) is 0 Å². The molecule has 0 amide bonds. The molecule has 0 fully saturated rings. The maximum absolute atomic E-state index is 10.7. The Morgan fingerprint density at radius 2 is 1.73 bits per heavy atom. The van der Waals surface area contributed by atoms with Gasteiger partial charge in [0, 0.05) is 23.7 Å². The van der Waals surface area contributed by atoms with Crippen molar-refractivity contribution in [1.29, 1.82) is 0 Å². The molecule has 0 radical (unpaired) electrons. The van der Waals surface area contributed by atoms with Crippen molar-refractivity contribution in [2.24, 2.45) is 0 Å². The van der Waals surface area contributed by atoms with Crippen LogP contribution in [0.3, 0.4) is 0 Å². The highest BCUT2D eigenvalue weighted by molar-refractivity contribution is 5.83. The second-order valence-electron chi connectivity index (χ2n) is 5.52. The van der Waals surface area contributed by atoms with Crippen LogP contribution in [0.1, 0.15) is 22.3 Å². The Kier molecular flexibility index (Phi) is 3.59. The van der Waals surface area contributed by atoms with Gasteiger partial charge >= 0.3 is 0 Å². The van der Waals surface area contributed by atoms with Gasteiger partial charge in [0.25, 0.3) is 5.69 Å². The summed E-state index contributed by atoms with van der Waals surface area (Å²) in [6.07, 6.45) is 2.55. The maximum Gasteiger partial charge on any atom is 0.269 e. The standard InChI is InChI=1S/C18H16N2O2/c1-12-9-17-15(7-8-19-18(17)10-13(12)2)11-14-3-5-16(6-4-14)20(21)22/h3-10H,11H2,1-2H3. The van der Waals surface area contributed by atoms with Gasteiger partial charge in [0.1, 0.15) is 0 Å². The summed E-state index contributed by atoms with van der Waals surface area (Å²) in [6.45, 7) is 4.18. The fourth-order valence-corrected chi connectivity index (χ4v) is 2.57. The Hall–Kier alpha value is -2.75. The maximum atomic E-state index is 10.7. The molecule has 4 heteroatoms. The molecule has 0 bridgehead atoms. The van der Waals surface area contributed by atoms with Gasteiger partial charge in [0.2, 0.25) is 0 Å². The average molecular weight is 292 g/mol. The average Bonchev–Trinajstić information content (AvgIpc) is 2.50. The topological polar surface area (TPSA) is 56.0 Å². The molecule has 0 aliphatic carbocycles. The van der Waals surface area contributed by atoms with Gasteiger partial charge in [-0.15, -0.1) is 0 Å². The fourth-order valence-electron chi connectivity index (χ4n) is 2.57. The number of rotatable bonds is 3. The van der Waals surface area contributed by atoms with E-state index in [9.17, 15) is 10.1 Å². The van der Waals surface area contributed by atoms with Gasteiger partial charge in [-0.1, -0.05) is 12.1 Å². The SMILES string of the molecule is Cc1cc2nccc(Cc3ccc([N+](=O)[O-])cc3)c2cc1C. The highest BCUT2D eigenvalue weighted by Gasteiger charge is 2.08. The predicted molar refractivity (Wildman–Crippen MR) is 87.1 cm³/mol. The second-order valence-corrected chi connectivity index (χ2v) is 5.52. The zero-order valence-electron chi connectivity index (χ0n) is 12.5. The number of nitrogens with zero attached hydrogens (tertiary/aromatic N) is 2. The quantitative estimate of drug-likeness (QED) is 0.532. The summed E-state index contributed by atoms with van der Waals surface area (Å²) in [4.78, 5) is 14.8. The Balaban J connectivity index is 2.00. The first-order chi connectivity index (χ1) is 10.5. The number of benzene rings is 2. The number of hydrogen-bond donors (Lipinski definition) is 0. The van der Waals surface area contributed by atoms with Crippen LogP contribution in [0.5, 0.6) is 0 Å². The molecule has 0 saturated heterocycles. The molecule has 0 saturated carbocycles. The van der Waals surface area contributed by atoms with Crippen molar-refractivity contribution in [2.45, 2.75) is 20.3 Å². The molecule has 0 aliphatic heterocycles. The van der Waals surface area contributed by atoms with Gasteiger partial charge < -0.3 is 0 Å². The summed E-state index contributed by atoms with van der Waals surface area (Å²) in [5, 5.41) is 11.9. The Bertz CT molecular complexity index is 855. The largest absolute Gasteiger partial charge is 0.269 e. The van der Waals surface area contributed by atoms with E-state index in [-0.39, 0.29) is 10.6 Å². The van der Waals surface area contributed by atoms with Crippen LogP contribution in [0, 0.1) is 24.0 Å². The smallest absolute Gasteiger partial charge is 0.258 e. The summed E-state index contributed by atoms with van der Waals surface area (Å²) in [6, 6.07) is 13.0. The molecular formula is C18H16N2O2. The molecule has 110 valence electrons. The van der Waals surface area contributed by atoms with Crippen LogP contribution in [0.25, 0.3) is 10.9 Å². The van der Waals surface area contributed by atoms with Crippen molar-refractivity contribution in [3.8, 4) is 0 Å². The van der Waals surface area contributed by atoms with E-state index < -0.39 is 0 Å². The van der Waals surface area contributed by atoms with Gasteiger partial charge in [-0.05, 0) is 60.7 Å². The molecule has 0 N–H and O–H groups in total. The van der Waals surface area contributed by atoms with Gasteiger partial charge in [-0.25, -0.2) is 0 Å². The van der Waals surface area contributed by atoms with Gasteiger partial charge in [-0.2, -0.15) is 0 Å². The molecule has 3 aromatic rings.